The molecule has 0 amide bonds. The number of carbonyl (C=O) groups is 1. The van der Waals surface area contributed by atoms with Crippen molar-refractivity contribution >= 4 is 6.16 Å². The fourth-order valence-corrected chi connectivity index (χ4v) is 3.12. The van der Waals surface area contributed by atoms with Gasteiger partial charge in [-0.25, -0.2) is 4.79 Å². The fourth-order valence-electron chi connectivity index (χ4n) is 3.12. The molecule has 0 N–H and O–H groups in total. The molecule has 0 bridgehead atoms. The predicted molar refractivity (Wildman–Crippen MR) is 80.4 cm³/mol. The molecule has 1 aliphatic heterocycles. The molecule has 2 aromatic rings. The Morgan fingerprint density at radius 2 is 1.24 bits per heavy atom. The standard InChI is InChI=1S/C18H18O3/c1-13-7-3-5-9-15(13)18(11-20-17(19)21-12-18)16-10-6-4-8-14(16)2/h3-10H,11-12H2,1-2H3. The monoisotopic (exact) mass is 282 g/mol. The fraction of sp³-hybridized carbons (Fsp3) is 0.278. The van der Waals surface area contributed by atoms with Gasteiger partial charge in [-0.15, -0.1) is 0 Å². The van der Waals surface area contributed by atoms with Gasteiger partial charge in [-0.05, 0) is 36.1 Å². The Kier molecular flexibility index (Phi) is 3.42. The lowest BCUT2D eigenvalue weighted by Crippen LogP contribution is -2.45. The van der Waals surface area contributed by atoms with Gasteiger partial charge in [-0.1, -0.05) is 48.5 Å². The van der Waals surface area contributed by atoms with Crippen LogP contribution in [0.4, 0.5) is 4.79 Å². The number of hydrogen-bond donors (Lipinski definition) is 0. The first-order valence-electron chi connectivity index (χ1n) is 7.05. The topological polar surface area (TPSA) is 35.5 Å². The van der Waals surface area contributed by atoms with Crippen LogP contribution >= 0.6 is 0 Å². The molecule has 108 valence electrons. The van der Waals surface area contributed by atoms with E-state index in [1.165, 1.54) is 11.1 Å². The van der Waals surface area contributed by atoms with Crippen molar-refractivity contribution in [2.45, 2.75) is 19.3 Å². The number of rotatable bonds is 2. The summed E-state index contributed by atoms with van der Waals surface area (Å²) in [4.78, 5) is 11.3. The van der Waals surface area contributed by atoms with Gasteiger partial charge in [0.05, 0.1) is 5.41 Å². The SMILES string of the molecule is Cc1ccccc1C1(c2ccccc2C)COC(=O)OC1. The summed E-state index contributed by atoms with van der Waals surface area (Å²) in [6, 6.07) is 16.4. The second-order valence-electron chi connectivity index (χ2n) is 5.54. The van der Waals surface area contributed by atoms with E-state index in [0.717, 1.165) is 11.1 Å². The lowest BCUT2D eigenvalue weighted by atomic mass is 9.72. The van der Waals surface area contributed by atoms with Crippen LogP contribution in [0.1, 0.15) is 22.3 Å². The smallest absolute Gasteiger partial charge is 0.433 e. The zero-order valence-corrected chi connectivity index (χ0v) is 12.3. The van der Waals surface area contributed by atoms with Crippen molar-refractivity contribution in [1.29, 1.82) is 0 Å². The van der Waals surface area contributed by atoms with E-state index < -0.39 is 11.6 Å². The summed E-state index contributed by atoms with van der Waals surface area (Å²) in [5, 5.41) is 0. The van der Waals surface area contributed by atoms with Gasteiger partial charge < -0.3 is 9.47 Å². The highest BCUT2D eigenvalue weighted by Gasteiger charge is 2.42. The van der Waals surface area contributed by atoms with Crippen LogP contribution in [-0.2, 0) is 14.9 Å². The molecule has 21 heavy (non-hydrogen) atoms. The van der Waals surface area contributed by atoms with Crippen molar-refractivity contribution in [2.75, 3.05) is 13.2 Å². The van der Waals surface area contributed by atoms with E-state index in [-0.39, 0.29) is 0 Å². The molecule has 0 radical (unpaired) electrons. The number of hydrogen-bond acceptors (Lipinski definition) is 3. The summed E-state index contributed by atoms with van der Waals surface area (Å²) in [6.45, 7) is 4.76. The van der Waals surface area contributed by atoms with Crippen LogP contribution in [0.15, 0.2) is 48.5 Å². The van der Waals surface area contributed by atoms with E-state index in [4.69, 9.17) is 9.47 Å². The molecule has 1 fully saturated rings. The number of ether oxygens (including phenoxy) is 2. The van der Waals surface area contributed by atoms with Crippen molar-refractivity contribution in [3.05, 3.63) is 70.8 Å². The minimum absolute atomic E-state index is 0.307. The third-order valence-electron chi connectivity index (χ3n) is 4.19. The Balaban J connectivity index is 2.19. The molecule has 0 aliphatic carbocycles. The lowest BCUT2D eigenvalue weighted by molar-refractivity contribution is -0.0155. The van der Waals surface area contributed by atoms with Crippen molar-refractivity contribution in [3.8, 4) is 0 Å². The second kappa shape index (κ2) is 5.24. The normalized spacial score (nSPS) is 17.0. The van der Waals surface area contributed by atoms with Crippen LogP contribution in [0, 0.1) is 13.8 Å². The van der Waals surface area contributed by atoms with Gasteiger partial charge in [0, 0.05) is 0 Å². The van der Waals surface area contributed by atoms with Gasteiger partial charge in [0.2, 0.25) is 0 Å². The van der Waals surface area contributed by atoms with E-state index in [0.29, 0.717) is 13.2 Å². The van der Waals surface area contributed by atoms with E-state index in [1.54, 1.807) is 0 Å². The molecule has 0 spiro atoms. The molecule has 3 nitrogen and oxygen atoms in total. The Morgan fingerprint density at radius 1 is 0.810 bits per heavy atom. The van der Waals surface area contributed by atoms with Crippen LogP contribution in [0.3, 0.4) is 0 Å². The van der Waals surface area contributed by atoms with E-state index in [2.05, 4.69) is 38.1 Å². The maximum absolute atomic E-state index is 11.3. The summed E-state index contributed by atoms with van der Waals surface area (Å²) in [5.41, 5.74) is 4.19. The average Bonchev–Trinajstić information content (AvgIpc) is 2.50. The van der Waals surface area contributed by atoms with Crippen LogP contribution < -0.4 is 0 Å². The molecule has 3 heteroatoms. The van der Waals surface area contributed by atoms with Crippen LogP contribution in [-0.4, -0.2) is 19.4 Å². The third kappa shape index (κ3) is 2.29. The summed E-state index contributed by atoms with van der Waals surface area (Å²) in [5.74, 6) is 0. The molecular formula is C18H18O3. The summed E-state index contributed by atoms with van der Waals surface area (Å²) < 4.78 is 10.5. The van der Waals surface area contributed by atoms with Gasteiger partial charge in [0.1, 0.15) is 13.2 Å². The van der Waals surface area contributed by atoms with Crippen molar-refractivity contribution in [2.24, 2.45) is 0 Å². The van der Waals surface area contributed by atoms with E-state index in [9.17, 15) is 4.79 Å². The minimum Gasteiger partial charge on any atom is -0.433 e. The lowest BCUT2D eigenvalue weighted by Gasteiger charge is -2.38. The highest BCUT2D eigenvalue weighted by atomic mass is 16.7. The van der Waals surface area contributed by atoms with Gasteiger partial charge in [-0.3, -0.25) is 0 Å². The Bertz CT molecular complexity index is 618. The van der Waals surface area contributed by atoms with Gasteiger partial charge in [-0.2, -0.15) is 0 Å². The maximum atomic E-state index is 11.3. The summed E-state index contributed by atoms with van der Waals surface area (Å²) in [6.07, 6.45) is -0.590. The first-order valence-corrected chi connectivity index (χ1v) is 7.05. The molecule has 2 aromatic carbocycles. The molecule has 0 saturated carbocycles. The number of benzene rings is 2. The second-order valence-corrected chi connectivity index (χ2v) is 5.54. The highest BCUT2D eigenvalue weighted by molar-refractivity contribution is 5.62. The van der Waals surface area contributed by atoms with Gasteiger partial charge >= 0.3 is 6.16 Å². The third-order valence-corrected chi connectivity index (χ3v) is 4.19. The van der Waals surface area contributed by atoms with Gasteiger partial charge in [0.15, 0.2) is 0 Å². The van der Waals surface area contributed by atoms with Crippen LogP contribution in [0.5, 0.6) is 0 Å². The van der Waals surface area contributed by atoms with Crippen LogP contribution in [0.2, 0.25) is 0 Å². The molecular weight excluding hydrogens is 264 g/mol. The number of aryl methyl sites for hydroxylation is 2. The Labute approximate surface area is 124 Å². The Hall–Kier alpha value is -2.29. The predicted octanol–water partition coefficient (Wildman–Crippen LogP) is 3.76. The molecule has 1 heterocycles. The quantitative estimate of drug-likeness (QED) is 0.787. The molecule has 3 rings (SSSR count). The van der Waals surface area contributed by atoms with Gasteiger partial charge in [0.25, 0.3) is 0 Å². The first-order chi connectivity index (χ1) is 10.1. The summed E-state index contributed by atoms with van der Waals surface area (Å²) >= 11 is 0. The molecule has 0 aromatic heterocycles. The zero-order valence-electron chi connectivity index (χ0n) is 12.3. The molecule has 1 saturated heterocycles. The molecule has 1 aliphatic rings. The first kappa shape index (κ1) is 13.7. The van der Waals surface area contributed by atoms with Crippen LogP contribution in [0.25, 0.3) is 0 Å². The zero-order chi connectivity index (χ0) is 14.9. The molecule has 0 atom stereocenters. The van der Waals surface area contributed by atoms with Crippen molar-refractivity contribution < 1.29 is 14.3 Å². The van der Waals surface area contributed by atoms with Crippen molar-refractivity contribution in [1.82, 2.24) is 0 Å². The average molecular weight is 282 g/mol. The van der Waals surface area contributed by atoms with E-state index >= 15 is 0 Å². The minimum atomic E-state index is -0.590. The molecule has 0 unspecified atom stereocenters. The largest absolute Gasteiger partial charge is 0.508 e. The maximum Gasteiger partial charge on any atom is 0.508 e. The number of cyclic esters (lactones) is 2. The number of carbonyl (C=O) groups excluding carboxylic acids is 1. The van der Waals surface area contributed by atoms with E-state index in [1.807, 2.05) is 24.3 Å². The summed E-state index contributed by atoms with van der Waals surface area (Å²) in [7, 11) is 0. The Morgan fingerprint density at radius 3 is 1.67 bits per heavy atom. The highest BCUT2D eigenvalue weighted by Crippen LogP contribution is 2.38. The van der Waals surface area contributed by atoms with Crippen molar-refractivity contribution in [3.63, 3.8) is 0 Å².